The van der Waals surface area contributed by atoms with Crippen molar-refractivity contribution in [1.82, 2.24) is 4.72 Å². The van der Waals surface area contributed by atoms with E-state index in [1.165, 1.54) is 25.3 Å². The van der Waals surface area contributed by atoms with Gasteiger partial charge in [0.15, 0.2) is 0 Å². The van der Waals surface area contributed by atoms with Gasteiger partial charge in [0.25, 0.3) is 0 Å². The van der Waals surface area contributed by atoms with Crippen LogP contribution in [0, 0.1) is 0 Å². The minimum absolute atomic E-state index is 0.109. The molecule has 146 valence electrons. The predicted octanol–water partition coefficient (Wildman–Crippen LogP) is 3.75. The summed E-state index contributed by atoms with van der Waals surface area (Å²) < 4.78 is 38.2. The van der Waals surface area contributed by atoms with Crippen molar-refractivity contribution >= 4 is 26.8 Å². The summed E-state index contributed by atoms with van der Waals surface area (Å²) in [7, 11) is -2.47. The first-order chi connectivity index (χ1) is 13.3. The number of nitrogens with one attached hydrogen (secondary N) is 1. The van der Waals surface area contributed by atoms with E-state index in [0.29, 0.717) is 5.75 Å². The Labute approximate surface area is 164 Å². The van der Waals surface area contributed by atoms with Crippen molar-refractivity contribution in [3.63, 3.8) is 0 Å². The van der Waals surface area contributed by atoms with Crippen LogP contribution < -0.4 is 14.2 Å². The molecule has 0 spiro atoms. The molecule has 0 aliphatic heterocycles. The van der Waals surface area contributed by atoms with E-state index in [1.54, 1.807) is 26.0 Å². The molecule has 6 nitrogen and oxygen atoms in total. The van der Waals surface area contributed by atoms with E-state index < -0.39 is 16.0 Å². The standard InChI is InChI=1S/C21H21NO5S/c1-14(2)22-28(24,25)20-13-17(9-11-19(20)26-3)21(23)27-18-10-8-15-6-4-5-7-16(15)12-18/h4-14,22H,1-3H3. The van der Waals surface area contributed by atoms with Gasteiger partial charge in [-0.1, -0.05) is 30.3 Å². The van der Waals surface area contributed by atoms with Crippen LogP contribution >= 0.6 is 0 Å². The molecule has 0 heterocycles. The summed E-state index contributed by atoms with van der Waals surface area (Å²) in [5, 5.41) is 1.96. The Bertz CT molecular complexity index is 1120. The summed E-state index contributed by atoms with van der Waals surface area (Å²) in [6, 6.07) is 16.9. The summed E-state index contributed by atoms with van der Waals surface area (Å²) in [6.45, 7) is 3.42. The van der Waals surface area contributed by atoms with Crippen LogP contribution in [0.25, 0.3) is 10.8 Å². The largest absolute Gasteiger partial charge is 0.495 e. The molecule has 0 amide bonds. The minimum atomic E-state index is -3.84. The quantitative estimate of drug-likeness (QED) is 0.504. The van der Waals surface area contributed by atoms with Crippen molar-refractivity contribution in [3.05, 3.63) is 66.2 Å². The van der Waals surface area contributed by atoms with Gasteiger partial charge < -0.3 is 9.47 Å². The maximum atomic E-state index is 12.6. The van der Waals surface area contributed by atoms with Gasteiger partial charge in [0.2, 0.25) is 10.0 Å². The Morgan fingerprint density at radius 2 is 1.68 bits per heavy atom. The molecule has 0 radical (unpaired) electrons. The highest BCUT2D eigenvalue weighted by molar-refractivity contribution is 7.89. The zero-order chi connectivity index (χ0) is 20.3. The number of methoxy groups -OCH3 is 1. The monoisotopic (exact) mass is 399 g/mol. The van der Waals surface area contributed by atoms with Gasteiger partial charge in [-0.05, 0) is 55.0 Å². The average molecular weight is 399 g/mol. The van der Waals surface area contributed by atoms with Gasteiger partial charge >= 0.3 is 5.97 Å². The summed E-state index contributed by atoms with van der Waals surface area (Å²) in [5.41, 5.74) is 0.109. The van der Waals surface area contributed by atoms with Gasteiger partial charge in [0.1, 0.15) is 16.4 Å². The van der Waals surface area contributed by atoms with Crippen LogP contribution in [0.1, 0.15) is 24.2 Å². The van der Waals surface area contributed by atoms with Crippen molar-refractivity contribution in [2.24, 2.45) is 0 Å². The number of carbonyl (C=O) groups is 1. The SMILES string of the molecule is COc1ccc(C(=O)Oc2ccc3ccccc3c2)cc1S(=O)(=O)NC(C)C. The lowest BCUT2D eigenvalue weighted by Gasteiger charge is -2.14. The molecule has 0 aliphatic carbocycles. The molecule has 0 atom stereocenters. The van der Waals surface area contributed by atoms with Gasteiger partial charge in [-0.2, -0.15) is 0 Å². The molecule has 0 bridgehead atoms. The van der Waals surface area contributed by atoms with E-state index in [-0.39, 0.29) is 22.3 Å². The second kappa shape index (κ2) is 8.00. The zero-order valence-corrected chi connectivity index (χ0v) is 16.6. The molecule has 0 aliphatic rings. The first-order valence-electron chi connectivity index (χ1n) is 8.71. The van der Waals surface area contributed by atoms with Crippen molar-refractivity contribution in [2.45, 2.75) is 24.8 Å². The third-order valence-corrected chi connectivity index (χ3v) is 5.69. The van der Waals surface area contributed by atoms with E-state index >= 15 is 0 Å². The number of carbonyl (C=O) groups excluding carboxylic acids is 1. The first kappa shape index (κ1) is 19.9. The van der Waals surface area contributed by atoms with Crippen LogP contribution in [0.4, 0.5) is 0 Å². The van der Waals surface area contributed by atoms with Crippen molar-refractivity contribution in [3.8, 4) is 11.5 Å². The van der Waals surface area contributed by atoms with Gasteiger partial charge in [-0.25, -0.2) is 17.9 Å². The van der Waals surface area contributed by atoms with E-state index in [2.05, 4.69) is 4.72 Å². The van der Waals surface area contributed by atoms with Crippen molar-refractivity contribution < 1.29 is 22.7 Å². The molecule has 1 N–H and O–H groups in total. The number of hydrogen-bond acceptors (Lipinski definition) is 5. The summed E-state index contributed by atoms with van der Waals surface area (Å²) in [4.78, 5) is 12.5. The maximum absolute atomic E-state index is 12.6. The highest BCUT2D eigenvalue weighted by Gasteiger charge is 2.23. The van der Waals surface area contributed by atoms with E-state index in [4.69, 9.17) is 9.47 Å². The Kier molecular flexibility index (Phi) is 5.67. The smallest absolute Gasteiger partial charge is 0.343 e. The number of benzene rings is 3. The van der Waals surface area contributed by atoms with Crippen molar-refractivity contribution in [1.29, 1.82) is 0 Å². The van der Waals surface area contributed by atoms with Gasteiger partial charge in [-0.15, -0.1) is 0 Å². The normalized spacial score (nSPS) is 11.6. The maximum Gasteiger partial charge on any atom is 0.343 e. The average Bonchev–Trinajstić information content (AvgIpc) is 2.66. The second-order valence-electron chi connectivity index (χ2n) is 6.54. The first-order valence-corrected chi connectivity index (χ1v) is 10.2. The molecule has 0 saturated carbocycles. The Morgan fingerprint density at radius 3 is 2.36 bits per heavy atom. The van der Waals surface area contributed by atoms with Crippen LogP contribution in [0.15, 0.2) is 65.6 Å². The lowest BCUT2D eigenvalue weighted by molar-refractivity contribution is 0.0734. The number of esters is 1. The summed E-state index contributed by atoms with van der Waals surface area (Å²) in [5.74, 6) is -0.126. The van der Waals surface area contributed by atoms with Crippen LogP contribution in [0.5, 0.6) is 11.5 Å². The molecule has 0 saturated heterocycles. The lowest BCUT2D eigenvalue weighted by Crippen LogP contribution is -2.30. The van der Waals surface area contributed by atoms with Gasteiger partial charge in [-0.3, -0.25) is 0 Å². The fourth-order valence-electron chi connectivity index (χ4n) is 2.78. The Balaban J connectivity index is 1.91. The molecule has 7 heteroatoms. The molecule has 0 unspecified atom stereocenters. The summed E-state index contributed by atoms with van der Waals surface area (Å²) >= 11 is 0. The molecule has 3 aromatic carbocycles. The van der Waals surface area contributed by atoms with E-state index in [0.717, 1.165) is 10.8 Å². The predicted molar refractivity (Wildman–Crippen MR) is 107 cm³/mol. The van der Waals surface area contributed by atoms with E-state index in [1.807, 2.05) is 30.3 Å². The number of hydrogen-bond donors (Lipinski definition) is 1. The zero-order valence-electron chi connectivity index (χ0n) is 15.8. The molecular weight excluding hydrogens is 378 g/mol. The molecule has 0 aromatic heterocycles. The van der Waals surface area contributed by atoms with E-state index in [9.17, 15) is 13.2 Å². The van der Waals surface area contributed by atoms with Crippen LogP contribution in [0.2, 0.25) is 0 Å². The minimum Gasteiger partial charge on any atom is -0.495 e. The van der Waals surface area contributed by atoms with Crippen molar-refractivity contribution in [2.75, 3.05) is 7.11 Å². The van der Waals surface area contributed by atoms with Gasteiger partial charge in [0, 0.05) is 6.04 Å². The molecule has 3 aromatic rings. The molecule has 3 rings (SSSR count). The summed E-state index contributed by atoms with van der Waals surface area (Å²) in [6.07, 6.45) is 0. The number of rotatable bonds is 6. The molecule has 28 heavy (non-hydrogen) atoms. The third-order valence-electron chi connectivity index (χ3n) is 4.01. The third kappa shape index (κ3) is 4.32. The highest BCUT2D eigenvalue weighted by Crippen LogP contribution is 2.26. The number of ether oxygens (including phenoxy) is 2. The highest BCUT2D eigenvalue weighted by atomic mass is 32.2. The van der Waals surface area contributed by atoms with Crippen LogP contribution in [0.3, 0.4) is 0 Å². The lowest BCUT2D eigenvalue weighted by atomic mass is 10.1. The molecule has 0 fully saturated rings. The number of fused-ring (bicyclic) bond motifs is 1. The fourth-order valence-corrected chi connectivity index (χ4v) is 4.23. The van der Waals surface area contributed by atoms with Crippen LogP contribution in [-0.4, -0.2) is 27.5 Å². The fraction of sp³-hybridized carbons (Fsp3) is 0.190. The number of sulfonamides is 1. The second-order valence-corrected chi connectivity index (χ2v) is 8.22. The van der Waals surface area contributed by atoms with Gasteiger partial charge in [0.05, 0.1) is 12.7 Å². The topological polar surface area (TPSA) is 81.7 Å². The Hall–Kier alpha value is -2.90. The Morgan fingerprint density at radius 1 is 0.964 bits per heavy atom. The van der Waals surface area contributed by atoms with Crippen LogP contribution in [-0.2, 0) is 10.0 Å². The molecular formula is C21H21NO5S.